The van der Waals surface area contributed by atoms with E-state index in [9.17, 15) is 13.2 Å². The molecule has 0 radical (unpaired) electrons. The van der Waals surface area contributed by atoms with Gasteiger partial charge in [-0.2, -0.15) is 11.8 Å². The third-order valence-corrected chi connectivity index (χ3v) is 6.51. The predicted molar refractivity (Wildman–Crippen MR) is 75.3 cm³/mol. The maximum Gasteiger partial charge on any atom is 0.264 e. The van der Waals surface area contributed by atoms with E-state index in [0.29, 0.717) is 5.75 Å². The van der Waals surface area contributed by atoms with E-state index in [0.717, 1.165) is 11.5 Å². The van der Waals surface area contributed by atoms with Crippen molar-refractivity contribution >= 4 is 39.5 Å². The standard InChI is InChI=1S/C11H13NO3S3/c13-11(10-8-16-6-7-17-10)12-18(14,15)9-4-2-1-3-5-9/h1-5,10H,6-8H2,(H,12,13)/t10-/m0/s1. The topological polar surface area (TPSA) is 63.2 Å². The normalized spacial score (nSPS) is 20.3. The van der Waals surface area contributed by atoms with Gasteiger partial charge in [-0.3, -0.25) is 4.79 Å². The van der Waals surface area contributed by atoms with Crippen LogP contribution in [0.4, 0.5) is 0 Å². The van der Waals surface area contributed by atoms with Gasteiger partial charge in [0.1, 0.15) is 0 Å². The van der Waals surface area contributed by atoms with Crippen LogP contribution >= 0.6 is 23.5 Å². The Morgan fingerprint density at radius 3 is 2.56 bits per heavy atom. The summed E-state index contributed by atoms with van der Waals surface area (Å²) >= 11 is 3.19. The molecule has 0 spiro atoms. The first-order valence-electron chi connectivity index (χ1n) is 5.41. The Bertz CT molecular complexity index is 510. The second kappa shape index (κ2) is 5.99. The summed E-state index contributed by atoms with van der Waals surface area (Å²) in [4.78, 5) is 12.0. The molecule has 2 rings (SSSR count). The Morgan fingerprint density at radius 1 is 1.22 bits per heavy atom. The molecule has 1 aliphatic heterocycles. The minimum atomic E-state index is -3.73. The Balaban J connectivity index is 2.06. The van der Waals surface area contributed by atoms with Crippen molar-refractivity contribution in [2.45, 2.75) is 10.1 Å². The lowest BCUT2D eigenvalue weighted by atomic mass is 10.4. The molecule has 1 N–H and O–H groups in total. The van der Waals surface area contributed by atoms with Crippen molar-refractivity contribution in [1.82, 2.24) is 4.72 Å². The summed E-state index contributed by atoms with van der Waals surface area (Å²) in [5.74, 6) is 2.14. The Hall–Kier alpha value is -0.660. The number of nitrogens with one attached hydrogen (secondary N) is 1. The highest BCUT2D eigenvalue weighted by molar-refractivity contribution is 8.07. The van der Waals surface area contributed by atoms with Gasteiger partial charge in [0.2, 0.25) is 5.91 Å². The summed E-state index contributed by atoms with van der Waals surface area (Å²) in [6, 6.07) is 7.93. The van der Waals surface area contributed by atoms with Gasteiger partial charge in [0.25, 0.3) is 10.0 Å². The zero-order valence-electron chi connectivity index (χ0n) is 9.53. The minimum absolute atomic E-state index is 0.117. The van der Waals surface area contributed by atoms with Gasteiger partial charge in [0, 0.05) is 17.3 Å². The van der Waals surface area contributed by atoms with E-state index < -0.39 is 15.9 Å². The smallest absolute Gasteiger partial charge is 0.264 e. The summed E-state index contributed by atoms with van der Waals surface area (Å²) in [5, 5.41) is -0.276. The van der Waals surface area contributed by atoms with Crippen LogP contribution in [0, 0.1) is 0 Å². The summed E-state index contributed by atoms with van der Waals surface area (Å²) < 4.78 is 26.0. The number of rotatable bonds is 3. The van der Waals surface area contributed by atoms with Gasteiger partial charge < -0.3 is 0 Å². The van der Waals surface area contributed by atoms with E-state index in [1.165, 1.54) is 23.9 Å². The molecule has 1 aliphatic rings. The van der Waals surface area contributed by atoms with Gasteiger partial charge in [0.05, 0.1) is 10.1 Å². The molecule has 1 saturated heterocycles. The average molecular weight is 303 g/mol. The lowest BCUT2D eigenvalue weighted by Gasteiger charge is -2.20. The Kier molecular flexibility index (Phi) is 4.58. The molecule has 1 atom stereocenters. The highest BCUT2D eigenvalue weighted by Gasteiger charge is 2.26. The number of carbonyl (C=O) groups is 1. The molecular formula is C11H13NO3S3. The van der Waals surface area contributed by atoms with Gasteiger partial charge in [-0.25, -0.2) is 13.1 Å². The molecule has 0 unspecified atom stereocenters. The quantitative estimate of drug-likeness (QED) is 0.913. The zero-order chi connectivity index (χ0) is 13.0. The number of amides is 1. The van der Waals surface area contributed by atoms with E-state index in [2.05, 4.69) is 4.72 Å². The predicted octanol–water partition coefficient (Wildman–Crippen LogP) is 1.34. The first kappa shape index (κ1) is 13.8. The molecule has 0 aliphatic carbocycles. The van der Waals surface area contributed by atoms with Crippen molar-refractivity contribution in [3.8, 4) is 0 Å². The van der Waals surface area contributed by atoms with Gasteiger partial charge in [-0.05, 0) is 12.1 Å². The number of hydrogen-bond donors (Lipinski definition) is 1. The molecule has 1 aromatic carbocycles. The number of benzene rings is 1. The van der Waals surface area contributed by atoms with E-state index >= 15 is 0 Å². The van der Waals surface area contributed by atoms with Crippen LogP contribution in [0.15, 0.2) is 35.2 Å². The minimum Gasteiger partial charge on any atom is -0.273 e. The summed E-state index contributed by atoms with van der Waals surface area (Å²) in [6.07, 6.45) is 0. The molecule has 0 bridgehead atoms. The summed E-state index contributed by atoms with van der Waals surface area (Å²) in [5.41, 5.74) is 0. The third kappa shape index (κ3) is 3.43. The van der Waals surface area contributed by atoms with E-state index in [1.54, 1.807) is 30.0 Å². The highest BCUT2D eigenvalue weighted by atomic mass is 32.2. The molecule has 1 fully saturated rings. The number of hydrogen-bond acceptors (Lipinski definition) is 5. The van der Waals surface area contributed by atoms with Crippen molar-refractivity contribution in [3.63, 3.8) is 0 Å². The van der Waals surface area contributed by atoms with E-state index in [-0.39, 0.29) is 10.1 Å². The van der Waals surface area contributed by atoms with Crippen LogP contribution in [0.1, 0.15) is 0 Å². The molecule has 1 aromatic rings. The van der Waals surface area contributed by atoms with Crippen molar-refractivity contribution < 1.29 is 13.2 Å². The van der Waals surface area contributed by atoms with Gasteiger partial charge in [-0.1, -0.05) is 18.2 Å². The lowest BCUT2D eigenvalue weighted by molar-refractivity contribution is -0.118. The molecule has 4 nitrogen and oxygen atoms in total. The van der Waals surface area contributed by atoms with Crippen LogP contribution in [0.5, 0.6) is 0 Å². The molecule has 98 valence electrons. The maximum atomic E-state index is 11.9. The number of sulfonamides is 1. The van der Waals surface area contributed by atoms with Crippen molar-refractivity contribution in [2.75, 3.05) is 17.3 Å². The summed E-state index contributed by atoms with van der Waals surface area (Å²) in [7, 11) is -3.73. The fourth-order valence-corrected chi connectivity index (χ4v) is 5.17. The van der Waals surface area contributed by atoms with Gasteiger partial charge in [0.15, 0.2) is 0 Å². The second-order valence-electron chi connectivity index (χ2n) is 3.72. The van der Waals surface area contributed by atoms with Gasteiger partial charge >= 0.3 is 0 Å². The largest absolute Gasteiger partial charge is 0.273 e. The zero-order valence-corrected chi connectivity index (χ0v) is 12.0. The molecule has 0 aromatic heterocycles. The number of carbonyl (C=O) groups excluding carboxylic acids is 1. The van der Waals surface area contributed by atoms with Crippen LogP contribution in [0.25, 0.3) is 0 Å². The van der Waals surface area contributed by atoms with Gasteiger partial charge in [-0.15, -0.1) is 11.8 Å². The first-order chi connectivity index (χ1) is 8.59. The molecule has 0 saturated carbocycles. The Labute approximate surface area is 115 Å². The maximum absolute atomic E-state index is 11.9. The lowest BCUT2D eigenvalue weighted by Crippen LogP contribution is -2.39. The summed E-state index contributed by atoms with van der Waals surface area (Å²) in [6.45, 7) is 0. The van der Waals surface area contributed by atoms with E-state index in [1.807, 2.05) is 0 Å². The monoisotopic (exact) mass is 303 g/mol. The van der Waals surface area contributed by atoms with Crippen LogP contribution in [0.3, 0.4) is 0 Å². The molecule has 1 heterocycles. The van der Waals surface area contributed by atoms with E-state index in [4.69, 9.17) is 0 Å². The molecule has 7 heteroatoms. The fourth-order valence-electron chi connectivity index (χ4n) is 1.50. The Morgan fingerprint density at radius 2 is 1.94 bits per heavy atom. The van der Waals surface area contributed by atoms with Crippen molar-refractivity contribution in [3.05, 3.63) is 30.3 Å². The van der Waals surface area contributed by atoms with Crippen molar-refractivity contribution in [2.24, 2.45) is 0 Å². The number of thioether (sulfide) groups is 2. The van der Waals surface area contributed by atoms with Crippen molar-refractivity contribution in [1.29, 1.82) is 0 Å². The third-order valence-electron chi connectivity index (χ3n) is 2.40. The molecule has 18 heavy (non-hydrogen) atoms. The highest BCUT2D eigenvalue weighted by Crippen LogP contribution is 2.24. The molecular weight excluding hydrogens is 290 g/mol. The second-order valence-corrected chi connectivity index (χ2v) is 7.86. The first-order valence-corrected chi connectivity index (χ1v) is 9.09. The van der Waals surface area contributed by atoms with Crippen LogP contribution in [-0.2, 0) is 14.8 Å². The van der Waals surface area contributed by atoms with Crippen LogP contribution < -0.4 is 4.72 Å². The van der Waals surface area contributed by atoms with Crippen LogP contribution in [0.2, 0.25) is 0 Å². The fraction of sp³-hybridized carbons (Fsp3) is 0.364. The van der Waals surface area contributed by atoms with Crippen LogP contribution in [-0.4, -0.2) is 36.8 Å². The SMILES string of the molecule is O=C(NS(=O)(=O)c1ccccc1)[C@@H]1CSCCS1. The average Bonchev–Trinajstić information content (AvgIpc) is 2.40. The molecule has 1 amide bonds.